The summed E-state index contributed by atoms with van der Waals surface area (Å²) in [6, 6.07) is 12.4. The Labute approximate surface area is 190 Å². The molecular formula is C24H21Cl2FN2O2. The van der Waals surface area contributed by atoms with Crippen molar-refractivity contribution in [2.75, 3.05) is 6.54 Å². The number of aromatic nitrogens is 1. The predicted octanol–water partition coefficient (Wildman–Crippen LogP) is 6.81. The van der Waals surface area contributed by atoms with Gasteiger partial charge in [-0.2, -0.15) is 0 Å². The molecule has 1 amide bonds. The van der Waals surface area contributed by atoms with E-state index < -0.39 is 12.1 Å². The Bertz CT molecular complexity index is 1120. The SMILES string of the molecule is Cc1cncc(Oc2cccc(C3CC3)c2)c1C(=O)NCC(F)c1ccc(Cl)cc1Cl. The molecule has 4 rings (SSSR count). The zero-order valence-corrected chi connectivity index (χ0v) is 18.4. The van der Waals surface area contributed by atoms with Crippen molar-refractivity contribution < 1.29 is 13.9 Å². The molecule has 7 heteroatoms. The second kappa shape index (κ2) is 9.25. The lowest BCUT2D eigenvalue weighted by atomic mass is 10.1. The van der Waals surface area contributed by atoms with Gasteiger partial charge in [0.05, 0.1) is 18.3 Å². The number of amides is 1. The van der Waals surface area contributed by atoms with Gasteiger partial charge in [0.1, 0.15) is 11.9 Å². The van der Waals surface area contributed by atoms with Gasteiger partial charge in [0.25, 0.3) is 5.91 Å². The van der Waals surface area contributed by atoms with E-state index in [4.69, 9.17) is 27.9 Å². The summed E-state index contributed by atoms with van der Waals surface area (Å²) in [6.07, 6.45) is 3.96. The minimum Gasteiger partial charge on any atom is -0.455 e. The molecule has 0 spiro atoms. The molecule has 1 saturated carbocycles. The van der Waals surface area contributed by atoms with E-state index in [0.29, 0.717) is 33.6 Å². The summed E-state index contributed by atoms with van der Waals surface area (Å²) in [7, 11) is 0. The number of aryl methyl sites for hydroxylation is 1. The van der Waals surface area contributed by atoms with Crippen molar-refractivity contribution in [1.29, 1.82) is 0 Å². The lowest BCUT2D eigenvalue weighted by Crippen LogP contribution is -2.28. The highest BCUT2D eigenvalue weighted by atomic mass is 35.5. The first kappa shape index (κ1) is 21.6. The number of pyridine rings is 1. The van der Waals surface area contributed by atoms with E-state index in [9.17, 15) is 9.18 Å². The zero-order valence-electron chi connectivity index (χ0n) is 16.9. The number of carbonyl (C=O) groups is 1. The Morgan fingerprint density at radius 3 is 2.77 bits per heavy atom. The minimum absolute atomic E-state index is 0.217. The van der Waals surface area contributed by atoms with Crippen LogP contribution in [-0.4, -0.2) is 17.4 Å². The average Bonchev–Trinajstić information content (AvgIpc) is 3.58. The first-order chi connectivity index (χ1) is 14.9. The van der Waals surface area contributed by atoms with Crippen molar-refractivity contribution in [3.63, 3.8) is 0 Å². The van der Waals surface area contributed by atoms with Gasteiger partial charge >= 0.3 is 0 Å². The van der Waals surface area contributed by atoms with Crippen LogP contribution in [0.1, 0.15) is 52.0 Å². The van der Waals surface area contributed by atoms with Gasteiger partial charge < -0.3 is 10.1 Å². The van der Waals surface area contributed by atoms with Crippen LogP contribution in [0.25, 0.3) is 0 Å². The van der Waals surface area contributed by atoms with E-state index >= 15 is 0 Å². The van der Waals surface area contributed by atoms with Gasteiger partial charge in [0.2, 0.25) is 0 Å². The second-order valence-corrected chi connectivity index (χ2v) is 8.47. The average molecular weight is 459 g/mol. The fraction of sp³-hybridized carbons (Fsp3) is 0.250. The molecule has 1 aliphatic rings. The molecule has 1 unspecified atom stereocenters. The number of halogens is 3. The molecule has 1 aromatic heterocycles. The van der Waals surface area contributed by atoms with E-state index in [1.165, 1.54) is 36.7 Å². The van der Waals surface area contributed by atoms with Crippen molar-refractivity contribution in [2.45, 2.75) is 31.9 Å². The van der Waals surface area contributed by atoms with Crippen molar-refractivity contribution in [2.24, 2.45) is 0 Å². The number of alkyl halides is 1. The number of rotatable bonds is 7. The molecule has 0 bridgehead atoms. The summed E-state index contributed by atoms with van der Waals surface area (Å²) >= 11 is 11.9. The fourth-order valence-electron chi connectivity index (χ4n) is 3.42. The smallest absolute Gasteiger partial charge is 0.255 e. The fourth-order valence-corrected chi connectivity index (χ4v) is 3.95. The molecule has 0 radical (unpaired) electrons. The van der Waals surface area contributed by atoms with E-state index in [1.54, 1.807) is 19.2 Å². The number of hydrogen-bond acceptors (Lipinski definition) is 3. The van der Waals surface area contributed by atoms with Crippen LogP contribution in [0.3, 0.4) is 0 Å². The van der Waals surface area contributed by atoms with Crippen LogP contribution in [-0.2, 0) is 0 Å². The van der Waals surface area contributed by atoms with Crippen LogP contribution < -0.4 is 10.1 Å². The summed E-state index contributed by atoms with van der Waals surface area (Å²) in [5.74, 6) is 1.11. The number of nitrogens with zero attached hydrogens (tertiary/aromatic N) is 1. The minimum atomic E-state index is -1.48. The predicted molar refractivity (Wildman–Crippen MR) is 120 cm³/mol. The zero-order chi connectivity index (χ0) is 22.0. The molecule has 0 saturated heterocycles. The lowest BCUT2D eigenvalue weighted by Gasteiger charge is -2.15. The molecule has 1 heterocycles. The Hall–Kier alpha value is -2.63. The maximum atomic E-state index is 14.7. The Kier molecular flexibility index (Phi) is 6.44. The topological polar surface area (TPSA) is 51.2 Å². The molecular weight excluding hydrogens is 438 g/mol. The van der Waals surface area contributed by atoms with Gasteiger partial charge in [0, 0.05) is 21.8 Å². The number of nitrogens with one attached hydrogen (secondary N) is 1. The number of benzene rings is 2. The van der Waals surface area contributed by atoms with Gasteiger partial charge in [-0.1, -0.05) is 41.4 Å². The monoisotopic (exact) mass is 458 g/mol. The summed E-state index contributed by atoms with van der Waals surface area (Å²) in [6.45, 7) is 1.52. The summed E-state index contributed by atoms with van der Waals surface area (Å²) in [5, 5.41) is 3.27. The number of ether oxygens (including phenoxy) is 1. The standard InChI is InChI=1S/C24H21Cl2FN2O2/c1-14-11-28-13-22(31-18-4-2-3-16(9-18)15-5-6-15)23(14)24(30)29-12-21(27)19-8-7-17(25)10-20(19)26/h2-4,7-11,13,15,21H,5-6,12H2,1H3,(H,29,30). The molecule has 2 aromatic carbocycles. The van der Waals surface area contributed by atoms with Gasteiger partial charge in [0.15, 0.2) is 5.75 Å². The molecule has 160 valence electrons. The molecule has 0 aliphatic heterocycles. The van der Waals surface area contributed by atoms with E-state index in [-0.39, 0.29) is 17.1 Å². The number of hydrogen-bond donors (Lipinski definition) is 1. The van der Waals surface area contributed by atoms with Crippen LogP contribution in [0.2, 0.25) is 10.0 Å². The lowest BCUT2D eigenvalue weighted by molar-refractivity contribution is 0.0938. The summed E-state index contributed by atoms with van der Waals surface area (Å²) < 4.78 is 20.7. The van der Waals surface area contributed by atoms with Crippen LogP contribution in [0.15, 0.2) is 54.9 Å². The molecule has 1 atom stereocenters. The molecule has 3 aromatic rings. The highest BCUT2D eigenvalue weighted by Crippen LogP contribution is 2.41. The molecule has 1 fully saturated rings. The highest BCUT2D eigenvalue weighted by Gasteiger charge is 2.24. The third-order valence-electron chi connectivity index (χ3n) is 5.20. The van der Waals surface area contributed by atoms with E-state index in [2.05, 4.69) is 16.4 Å². The van der Waals surface area contributed by atoms with Gasteiger partial charge in [-0.25, -0.2) is 4.39 Å². The summed E-state index contributed by atoms with van der Waals surface area (Å²) in [4.78, 5) is 17.0. The maximum absolute atomic E-state index is 14.7. The largest absolute Gasteiger partial charge is 0.455 e. The van der Waals surface area contributed by atoms with Crippen molar-refractivity contribution in [3.8, 4) is 11.5 Å². The first-order valence-corrected chi connectivity index (χ1v) is 10.8. The van der Waals surface area contributed by atoms with Crippen molar-refractivity contribution >= 4 is 29.1 Å². The van der Waals surface area contributed by atoms with Crippen LogP contribution in [0, 0.1) is 6.92 Å². The van der Waals surface area contributed by atoms with Crippen LogP contribution >= 0.6 is 23.2 Å². The van der Waals surface area contributed by atoms with Crippen LogP contribution in [0.5, 0.6) is 11.5 Å². The highest BCUT2D eigenvalue weighted by molar-refractivity contribution is 6.35. The van der Waals surface area contributed by atoms with E-state index in [0.717, 1.165) is 0 Å². The van der Waals surface area contributed by atoms with Crippen molar-refractivity contribution in [3.05, 3.63) is 87.2 Å². The summed E-state index contributed by atoms with van der Waals surface area (Å²) in [5.41, 5.74) is 2.45. The van der Waals surface area contributed by atoms with Gasteiger partial charge in [-0.3, -0.25) is 9.78 Å². The Balaban J connectivity index is 1.49. The molecule has 1 N–H and O–H groups in total. The normalized spacial score (nSPS) is 14.2. The Morgan fingerprint density at radius 2 is 2.03 bits per heavy atom. The quantitative estimate of drug-likeness (QED) is 0.423. The second-order valence-electron chi connectivity index (χ2n) is 7.62. The van der Waals surface area contributed by atoms with Crippen molar-refractivity contribution in [1.82, 2.24) is 10.3 Å². The molecule has 4 nitrogen and oxygen atoms in total. The maximum Gasteiger partial charge on any atom is 0.255 e. The van der Waals surface area contributed by atoms with Gasteiger partial charge in [-0.05, 0) is 61.1 Å². The first-order valence-electron chi connectivity index (χ1n) is 10.0. The van der Waals surface area contributed by atoms with Crippen LogP contribution in [0.4, 0.5) is 4.39 Å². The third-order valence-corrected chi connectivity index (χ3v) is 5.77. The molecule has 31 heavy (non-hydrogen) atoms. The number of carbonyl (C=O) groups excluding carboxylic acids is 1. The Morgan fingerprint density at radius 1 is 1.23 bits per heavy atom. The third kappa shape index (κ3) is 5.17. The van der Waals surface area contributed by atoms with Gasteiger partial charge in [-0.15, -0.1) is 0 Å². The molecule has 1 aliphatic carbocycles. The van der Waals surface area contributed by atoms with E-state index in [1.807, 2.05) is 18.2 Å².